The molecule has 22 heteroatoms. The molecule has 6 aromatic rings. The highest BCUT2D eigenvalue weighted by Crippen LogP contribution is 2.41. The number of rotatable bonds is 19. The van der Waals surface area contributed by atoms with Gasteiger partial charge in [-0.1, -0.05) is 109 Å². The number of piperazine rings is 2. The van der Waals surface area contributed by atoms with Crippen LogP contribution < -0.4 is 10.6 Å². The first kappa shape index (κ1) is 57.0. The predicted octanol–water partition coefficient (Wildman–Crippen LogP) is 6.58. The summed E-state index contributed by atoms with van der Waals surface area (Å²) in [4.78, 5) is 75.4. The van der Waals surface area contributed by atoms with Crippen LogP contribution in [0.25, 0.3) is 32.0 Å². The first-order valence-corrected chi connectivity index (χ1v) is 32.7. The van der Waals surface area contributed by atoms with Crippen LogP contribution in [0, 0.1) is 0 Å². The zero-order valence-electron chi connectivity index (χ0n) is 45.1. The summed E-state index contributed by atoms with van der Waals surface area (Å²) in [5, 5.41) is 7.78. The molecule has 4 saturated heterocycles. The van der Waals surface area contributed by atoms with Crippen LogP contribution in [-0.4, -0.2) is 170 Å². The third-order valence-corrected chi connectivity index (χ3v) is 20.5. The zero-order chi connectivity index (χ0) is 56.0. The van der Waals surface area contributed by atoms with Crippen molar-refractivity contribution < 1.29 is 36.0 Å². The van der Waals surface area contributed by atoms with Gasteiger partial charge in [-0.25, -0.2) is 26.8 Å². The van der Waals surface area contributed by atoms with Gasteiger partial charge < -0.3 is 30.2 Å². The van der Waals surface area contributed by atoms with E-state index in [0.29, 0.717) is 89.7 Å². The summed E-state index contributed by atoms with van der Waals surface area (Å²) in [7, 11) is -6.51. The number of aromatic nitrogens is 2. The molecule has 4 amide bonds. The quantitative estimate of drug-likeness (QED) is 0.0883. The highest BCUT2D eigenvalue weighted by molar-refractivity contribution is 7.88. The molecule has 0 bridgehead atoms. The van der Waals surface area contributed by atoms with Crippen molar-refractivity contribution in [1.82, 2.24) is 48.8 Å². The Hall–Kier alpha value is -6.24. The number of nitrogens with zero attached hydrogens (tertiary/aromatic N) is 8. The molecular formula is C58H68N10O8S4. The van der Waals surface area contributed by atoms with E-state index < -0.39 is 32.1 Å². The highest BCUT2D eigenvalue weighted by Gasteiger charge is 2.39. The van der Waals surface area contributed by atoms with Gasteiger partial charge in [-0.2, -0.15) is 8.61 Å². The highest BCUT2D eigenvalue weighted by atomic mass is 32.2. The van der Waals surface area contributed by atoms with Crippen LogP contribution in [0.4, 0.5) is 0 Å². The van der Waals surface area contributed by atoms with Gasteiger partial charge in [0.25, 0.3) is 0 Å². The maximum absolute atomic E-state index is 14.5. The van der Waals surface area contributed by atoms with E-state index in [1.165, 1.54) is 21.1 Å². The number of amides is 4. The third-order valence-electron chi connectivity index (χ3n) is 15.6. The summed E-state index contributed by atoms with van der Waals surface area (Å²) >= 11 is 3.15. The fourth-order valence-electron chi connectivity index (χ4n) is 11.1. The minimum Gasteiger partial charge on any atom is -0.340 e. The lowest BCUT2D eigenvalue weighted by atomic mass is 10.0. The van der Waals surface area contributed by atoms with Gasteiger partial charge >= 0.3 is 0 Å². The van der Waals surface area contributed by atoms with Crippen LogP contribution >= 0.6 is 22.7 Å². The number of carbonyl (C=O) groups is 4. The average Bonchev–Trinajstić information content (AvgIpc) is 4.34. The van der Waals surface area contributed by atoms with Crippen molar-refractivity contribution in [2.24, 2.45) is 0 Å². The van der Waals surface area contributed by atoms with Crippen LogP contribution in [0.1, 0.15) is 83.8 Å². The Morgan fingerprint density at radius 2 is 0.850 bits per heavy atom. The van der Waals surface area contributed by atoms with Gasteiger partial charge in [0, 0.05) is 104 Å². The van der Waals surface area contributed by atoms with Gasteiger partial charge in [0.05, 0.1) is 34.3 Å². The molecule has 10 rings (SSSR count). The molecule has 80 heavy (non-hydrogen) atoms. The van der Waals surface area contributed by atoms with Crippen LogP contribution in [0.2, 0.25) is 0 Å². The van der Waals surface area contributed by atoms with E-state index in [9.17, 15) is 36.0 Å². The van der Waals surface area contributed by atoms with Crippen molar-refractivity contribution >= 4 is 66.3 Å². The molecule has 4 aliphatic heterocycles. The monoisotopic (exact) mass is 1160 g/mol. The Labute approximate surface area is 476 Å². The minimum atomic E-state index is -3.26. The number of hydrogen-bond donors (Lipinski definition) is 2. The van der Waals surface area contributed by atoms with Gasteiger partial charge in [-0.15, -0.1) is 22.7 Å². The molecule has 0 aliphatic carbocycles. The molecule has 2 aromatic heterocycles. The van der Waals surface area contributed by atoms with Crippen molar-refractivity contribution in [3.63, 3.8) is 0 Å². The van der Waals surface area contributed by atoms with E-state index in [1.807, 2.05) is 82.9 Å². The molecule has 0 radical (unpaired) electrons. The second-order valence-corrected chi connectivity index (χ2v) is 27.1. The minimum absolute atomic E-state index is 0.170. The lowest BCUT2D eigenvalue weighted by Crippen LogP contribution is -2.49. The average molecular weight is 1160 g/mol. The number of carbonyl (C=O) groups excluding carboxylic acids is 4. The number of thiazole rings is 2. The van der Waals surface area contributed by atoms with Gasteiger partial charge in [-0.05, 0) is 59.1 Å². The zero-order valence-corrected chi connectivity index (χ0v) is 48.3. The first-order valence-electron chi connectivity index (χ1n) is 27.3. The summed E-state index contributed by atoms with van der Waals surface area (Å²) in [5.74, 6) is -0.821. The third kappa shape index (κ3) is 13.7. The van der Waals surface area contributed by atoms with Crippen molar-refractivity contribution in [1.29, 1.82) is 0 Å². The summed E-state index contributed by atoms with van der Waals surface area (Å²) in [5.41, 5.74) is 5.57. The normalized spacial score (nSPS) is 19.7. The van der Waals surface area contributed by atoms with E-state index in [0.717, 1.165) is 67.7 Å². The maximum Gasteiger partial charge on any atom is 0.250 e. The van der Waals surface area contributed by atoms with E-state index in [-0.39, 0.29) is 48.6 Å². The van der Waals surface area contributed by atoms with Gasteiger partial charge in [0.2, 0.25) is 43.7 Å². The molecule has 4 aliphatic rings. The Balaban J connectivity index is 0.747. The Bertz CT molecular complexity index is 3130. The Kier molecular flexibility index (Phi) is 18.0. The lowest BCUT2D eigenvalue weighted by Gasteiger charge is -2.33. The van der Waals surface area contributed by atoms with E-state index >= 15 is 0 Å². The van der Waals surface area contributed by atoms with Gasteiger partial charge in [0.1, 0.15) is 22.1 Å². The Morgan fingerprint density at radius 1 is 0.500 bits per heavy atom. The molecular weight excluding hydrogens is 1090 g/mol. The second-order valence-electron chi connectivity index (χ2n) is 21.0. The second kappa shape index (κ2) is 25.3. The van der Waals surface area contributed by atoms with Crippen LogP contribution in [-0.2, 0) is 39.2 Å². The topological polar surface area (TPSA) is 206 Å². The van der Waals surface area contributed by atoms with Gasteiger partial charge in [-0.3, -0.25) is 19.2 Å². The number of sulfonamides is 2. The summed E-state index contributed by atoms with van der Waals surface area (Å²) in [6.07, 6.45) is 9.71. The van der Waals surface area contributed by atoms with Crippen LogP contribution in [0.15, 0.2) is 122 Å². The molecule has 4 fully saturated rings. The standard InChI is InChI=1S/C58H68N10O8S4/c1-79(73,74)65-35-31-63(32-36-65)29-25-51(69)61-53(45-11-5-3-6-12-45)57(71)67-27-9-15-47(67)55-59-39-49(77-55)43-21-17-41(18-22-43)42-19-23-44(24-20-42)50-40-60-56(78-50)48-16-10-28-68(48)58(72)54(46-13-7-4-8-14-46)62-52(70)26-30-64-33-37-66(38-34-64)80(2,75)76/h3-8,11-14,17-24,39-40,47-48,53-54H,9-10,15-16,25-38H2,1-2H3,(H,61,69)(H,62,70)/t47-,48-,53+,54+/m0/s1. The van der Waals surface area contributed by atoms with E-state index in [4.69, 9.17) is 9.97 Å². The molecule has 6 heterocycles. The first-order chi connectivity index (χ1) is 38.6. The van der Waals surface area contributed by atoms with Crippen LogP contribution in [0.3, 0.4) is 0 Å². The largest absolute Gasteiger partial charge is 0.340 e. The number of benzene rings is 4. The molecule has 18 nitrogen and oxygen atoms in total. The molecule has 0 unspecified atom stereocenters. The molecule has 4 aromatic carbocycles. The van der Waals surface area contributed by atoms with Crippen molar-refractivity contribution in [3.05, 3.63) is 143 Å². The van der Waals surface area contributed by atoms with Crippen molar-refractivity contribution in [2.75, 3.05) is 91.0 Å². The summed E-state index contributed by atoms with van der Waals surface area (Å²) in [6, 6.07) is 33.3. The number of hydrogen-bond acceptors (Lipinski definition) is 14. The van der Waals surface area contributed by atoms with Gasteiger partial charge in [0.15, 0.2) is 0 Å². The van der Waals surface area contributed by atoms with Crippen molar-refractivity contribution in [2.45, 2.75) is 62.7 Å². The number of nitrogens with one attached hydrogen (secondary N) is 2. The predicted molar refractivity (Wildman–Crippen MR) is 311 cm³/mol. The molecule has 0 spiro atoms. The molecule has 2 N–H and O–H groups in total. The number of likely N-dealkylation sites (tertiary alicyclic amines) is 2. The van der Waals surface area contributed by atoms with Crippen molar-refractivity contribution in [3.8, 4) is 32.0 Å². The maximum atomic E-state index is 14.5. The fraction of sp³-hybridized carbons (Fsp3) is 0.414. The van der Waals surface area contributed by atoms with Crippen LogP contribution in [0.5, 0.6) is 0 Å². The molecule has 0 saturated carbocycles. The Morgan fingerprint density at radius 3 is 1.20 bits per heavy atom. The molecule has 4 atom stereocenters. The van der Waals surface area contributed by atoms with E-state index in [1.54, 1.807) is 22.7 Å². The smallest absolute Gasteiger partial charge is 0.250 e. The fourth-order valence-corrected chi connectivity index (χ4v) is 14.9. The summed E-state index contributed by atoms with van der Waals surface area (Å²) < 4.78 is 50.8. The molecule has 422 valence electrons. The van der Waals surface area contributed by atoms with E-state index in [2.05, 4.69) is 69.0 Å². The SMILES string of the molecule is CS(=O)(=O)N1CCN(CCC(=O)N[C@@H](C(=O)N2CCC[C@H]2c2ncc(-c3ccc(-c4ccc(-c5cnc([C@@H]6CCCN6C(=O)[C@H](NC(=O)CCN6CCN(S(C)(=O)=O)CC6)c6ccccc6)s5)cc4)cc3)s2)c2ccccc2)CC1. The summed E-state index contributed by atoms with van der Waals surface area (Å²) in [6.45, 7) is 5.77. The lowest BCUT2D eigenvalue weighted by molar-refractivity contribution is -0.137.